The van der Waals surface area contributed by atoms with Crippen molar-refractivity contribution in [1.82, 2.24) is 5.32 Å². The molecular formula is C18H19NO5. The van der Waals surface area contributed by atoms with Crippen LogP contribution in [0.25, 0.3) is 0 Å². The number of amides is 1. The van der Waals surface area contributed by atoms with E-state index in [-0.39, 0.29) is 6.61 Å². The molecule has 0 aliphatic carbocycles. The number of nitrogens with one attached hydrogen (secondary N) is 1. The molecule has 0 aliphatic heterocycles. The number of aliphatic hydroxyl groups excluding tert-OH is 1. The highest BCUT2D eigenvalue weighted by Gasteiger charge is 2.30. The fourth-order valence-corrected chi connectivity index (χ4v) is 2.15. The van der Waals surface area contributed by atoms with Gasteiger partial charge in [-0.05, 0) is 11.1 Å². The molecule has 2 aromatic rings. The summed E-state index contributed by atoms with van der Waals surface area (Å²) in [6.45, 7) is 0.0858. The zero-order valence-electron chi connectivity index (χ0n) is 13.2. The second kappa shape index (κ2) is 8.69. The average Bonchev–Trinajstić information content (AvgIpc) is 2.64. The highest BCUT2D eigenvalue weighted by atomic mass is 16.6. The van der Waals surface area contributed by atoms with Crippen LogP contribution in [-0.2, 0) is 20.9 Å². The molecule has 0 saturated heterocycles. The highest BCUT2D eigenvalue weighted by Crippen LogP contribution is 2.18. The molecule has 0 fully saturated rings. The maximum absolute atomic E-state index is 12.0. The van der Waals surface area contributed by atoms with E-state index in [2.05, 4.69) is 10.1 Å². The van der Waals surface area contributed by atoms with Gasteiger partial charge in [-0.25, -0.2) is 9.59 Å². The maximum Gasteiger partial charge on any atom is 0.408 e. The van der Waals surface area contributed by atoms with Crippen LogP contribution in [-0.4, -0.2) is 30.4 Å². The second-order valence-corrected chi connectivity index (χ2v) is 5.06. The van der Waals surface area contributed by atoms with Crippen LogP contribution in [0.2, 0.25) is 0 Å². The van der Waals surface area contributed by atoms with Gasteiger partial charge in [0.25, 0.3) is 0 Å². The number of benzene rings is 2. The van der Waals surface area contributed by atoms with Gasteiger partial charge in [-0.15, -0.1) is 0 Å². The quantitative estimate of drug-likeness (QED) is 0.794. The number of methoxy groups -OCH3 is 1. The predicted molar refractivity (Wildman–Crippen MR) is 87.0 cm³/mol. The van der Waals surface area contributed by atoms with E-state index in [9.17, 15) is 14.7 Å². The number of hydrogen-bond acceptors (Lipinski definition) is 5. The van der Waals surface area contributed by atoms with Crippen LogP contribution < -0.4 is 5.32 Å². The van der Waals surface area contributed by atoms with Gasteiger partial charge in [0.05, 0.1) is 13.2 Å². The van der Waals surface area contributed by atoms with Crippen LogP contribution in [0.3, 0.4) is 0 Å². The standard InChI is InChI=1S/C18H19NO5/c1-23-17(21)16(20)15(14-10-6-3-7-11-14)19-18(22)24-12-13-8-4-2-5-9-13/h2-11,15-16,20H,12H2,1H3,(H,19,22)/t15-,16?/m1/s1. The zero-order chi connectivity index (χ0) is 17.4. The van der Waals surface area contributed by atoms with E-state index in [0.29, 0.717) is 5.56 Å². The molecule has 6 heteroatoms. The van der Waals surface area contributed by atoms with E-state index >= 15 is 0 Å². The molecule has 0 aliphatic rings. The molecule has 0 bridgehead atoms. The first kappa shape index (κ1) is 17.5. The minimum absolute atomic E-state index is 0.0858. The summed E-state index contributed by atoms with van der Waals surface area (Å²) in [4.78, 5) is 23.6. The molecular weight excluding hydrogens is 310 g/mol. The van der Waals surface area contributed by atoms with Gasteiger partial charge in [0.2, 0.25) is 0 Å². The Labute approximate surface area is 140 Å². The molecule has 24 heavy (non-hydrogen) atoms. The van der Waals surface area contributed by atoms with E-state index < -0.39 is 24.2 Å². The lowest BCUT2D eigenvalue weighted by molar-refractivity contribution is -0.152. The number of rotatable bonds is 6. The van der Waals surface area contributed by atoms with Crippen LogP contribution in [0.4, 0.5) is 4.79 Å². The molecule has 2 N–H and O–H groups in total. The molecule has 2 aromatic carbocycles. The number of carbonyl (C=O) groups excluding carboxylic acids is 2. The third-order valence-corrected chi connectivity index (χ3v) is 3.40. The molecule has 0 aromatic heterocycles. The van der Waals surface area contributed by atoms with Gasteiger partial charge in [0.1, 0.15) is 6.61 Å². The first-order chi connectivity index (χ1) is 11.6. The topological polar surface area (TPSA) is 84.9 Å². The number of ether oxygens (including phenoxy) is 2. The Bertz CT molecular complexity index is 660. The Morgan fingerprint density at radius 1 is 1.04 bits per heavy atom. The lowest BCUT2D eigenvalue weighted by Crippen LogP contribution is -2.41. The van der Waals surface area contributed by atoms with Crippen molar-refractivity contribution in [2.24, 2.45) is 0 Å². The van der Waals surface area contributed by atoms with Crippen molar-refractivity contribution in [3.8, 4) is 0 Å². The van der Waals surface area contributed by atoms with Crippen LogP contribution in [0.5, 0.6) is 0 Å². The van der Waals surface area contributed by atoms with Gasteiger partial charge in [0, 0.05) is 0 Å². The van der Waals surface area contributed by atoms with Crippen molar-refractivity contribution in [3.05, 3.63) is 71.8 Å². The lowest BCUT2D eigenvalue weighted by Gasteiger charge is -2.22. The third kappa shape index (κ3) is 4.82. The maximum atomic E-state index is 12.0. The first-order valence-corrected chi connectivity index (χ1v) is 7.40. The molecule has 1 unspecified atom stereocenters. The van der Waals surface area contributed by atoms with Crippen molar-refractivity contribution in [3.63, 3.8) is 0 Å². The summed E-state index contributed by atoms with van der Waals surface area (Å²) < 4.78 is 9.67. The number of hydrogen-bond donors (Lipinski definition) is 2. The van der Waals surface area contributed by atoms with E-state index in [1.165, 1.54) is 7.11 Å². The molecule has 2 rings (SSSR count). The van der Waals surface area contributed by atoms with Gasteiger partial charge < -0.3 is 19.9 Å². The Hall–Kier alpha value is -2.86. The minimum Gasteiger partial charge on any atom is -0.467 e. The predicted octanol–water partition coefficient (Wildman–Crippen LogP) is 2.19. The highest BCUT2D eigenvalue weighted by molar-refractivity contribution is 5.77. The summed E-state index contributed by atoms with van der Waals surface area (Å²) in [6, 6.07) is 16.9. The minimum atomic E-state index is -1.54. The number of esters is 1. The smallest absolute Gasteiger partial charge is 0.408 e. The Morgan fingerprint density at radius 2 is 1.62 bits per heavy atom. The van der Waals surface area contributed by atoms with Gasteiger partial charge >= 0.3 is 12.1 Å². The lowest BCUT2D eigenvalue weighted by atomic mass is 10.0. The fourth-order valence-electron chi connectivity index (χ4n) is 2.15. The molecule has 0 radical (unpaired) electrons. The molecule has 126 valence electrons. The van der Waals surface area contributed by atoms with Crippen LogP contribution >= 0.6 is 0 Å². The van der Waals surface area contributed by atoms with Crippen LogP contribution in [0.15, 0.2) is 60.7 Å². The monoisotopic (exact) mass is 329 g/mol. The summed E-state index contributed by atoms with van der Waals surface area (Å²) in [5.74, 6) is -0.841. The van der Waals surface area contributed by atoms with E-state index in [0.717, 1.165) is 5.56 Å². The molecule has 6 nitrogen and oxygen atoms in total. The van der Waals surface area contributed by atoms with Crippen LogP contribution in [0, 0.1) is 0 Å². The second-order valence-electron chi connectivity index (χ2n) is 5.06. The SMILES string of the molecule is COC(=O)C(O)[C@H](NC(=O)OCc1ccccc1)c1ccccc1. The number of carbonyl (C=O) groups is 2. The molecule has 0 heterocycles. The van der Waals surface area contributed by atoms with Crippen LogP contribution in [0.1, 0.15) is 17.2 Å². The molecule has 0 spiro atoms. The number of aliphatic hydroxyl groups is 1. The van der Waals surface area contributed by atoms with E-state index in [4.69, 9.17) is 4.74 Å². The molecule has 2 atom stereocenters. The largest absolute Gasteiger partial charge is 0.467 e. The van der Waals surface area contributed by atoms with E-state index in [1.54, 1.807) is 30.3 Å². The van der Waals surface area contributed by atoms with Crippen molar-refractivity contribution in [2.75, 3.05) is 7.11 Å². The Balaban J connectivity index is 2.04. The van der Waals surface area contributed by atoms with Crippen molar-refractivity contribution >= 4 is 12.1 Å². The Morgan fingerprint density at radius 3 is 2.21 bits per heavy atom. The first-order valence-electron chi connectivity index (χ1n) is 7.40. The summed E-state index contributed by atoms with van der Waals surface area (Å²) in [7, 11) is 1.17. The summed E-state index contributed by atoms with van der Waals surface area (Å²) in [5.41, 5.74) is 1.39. The summed E-state index contributed by atoms with van der Waals surface area (Å²) in [5, 5.41) is 12.6. The fraction of sp³-hybridized carbons (Fsp3) is 0.222. The Kier molecular flexibility index (Phi) is 6.33. The number of alkyl carbamates (subject to hydrolysis) is 1. The third-order valence-electron chi connectivity index (χ3n) is 3.40. The normalized spacial score (nSPS) is 12.8. The summed E-state index contributed by atoms with van der Waals surface area (Å²) in [6.07, 6.45) is -2.28. The van der Waals surface area contributed by atoms with Gasteiger partial charge in [-0.3, -0.25) is 0 Å². The van der Waals surface area contributed by atoms with Gasteiger partial charge in [-0.1, -0.05) is 60.7 Å². The van der Waals surface area contributed by atoms with Crippen molar-refractivity contribution in [2.45, 2.75) is 18.8 Å². The van der Waals surface area contributed by atoms with Gasteiger partial charge in [0.15, 0.2) is 6.10 Å². The van der Waals surface area contributed by atoms with Gasteiger partial charge in [-0.2, -0.15) is 0 Å². The average molecular weight is 329 g/mol. The van der Waals surface area contributed by atoms with E-state index in [1.807, 2.05) is 30.3 Å². The molecule has 0 saturated carbocycles. The molecule has 1 amide bonds. The summed E-state index contributed by atoms with van der Waals surface area (Å²) >= 11 is 0. The van der Waals surface area contributed by atoms with Crippen molar-refractivity contribution in [1.29, 1.82) is 0 Å². The zero-order valence-corrected chi connectivity index (χ0v) is 13.2. The van der Waals surface area contributed by atoms with Crippen molar-refractivity contribution < 1.29 is 24.2 Å².